The van der Waals surface area contributed by atoms with Crippen molar-refractivity contribution in [3.05, 3.63) is 23.5 Å². The van der Waals surface area contributed by atoms with E-state index in [-0.39, 0.29) is 0 Å². The Balaban J connectivity index is 2.99. The van der Waals surface area contributed by atoms with Gasteiger partial charge >= 0.3 is 0 Å². The molecule has 60 valence electrons. The van der Waals surface area contributed by atoms with Crippen LogP contribution in [0.5, 0.6) is 0 Å². The zero-order valence-corrected chi connectivity index (χ0v) is 7.31. The number of aliphatic hydroxyl groups is 1. The fourth-order valence-corrected chi connectivity index (χ4v) is 1.17. The molecule has 2 nitrogen and oxygen atoms in total. The molecule has 3 heteroatoms. The van der Waals surface area contributed by atoms with Gasteiger partial charge in [0.25, 0.3) is 0 Å². The second kappa shape index (κ2) is 3.15. The monoisotopic (exact) mass is 170 g/mol. The van der Waals surface area contributed by atoms with Crippen LogP contribution in [0.25, 0.3) is 0 Å². The maximum Gasteiger partial charge on any atom is 0.146 e. The van der Waals surface area contributed by atoms with E-state index in [0.717, 1.165) is 5.57 Å². The summed E-state index contributed by atoms with van der Waals surface area (Å²) < 4.78 is 4.98. The van der Waals surface area contributed by atoms with Crippen LogP contribution in [0.4, 0.5) is 0 Å². The van der Waals surface area contributed by atoms with Gasteiger partial charge in [0.15, 0.2) is 0 Å². The molecule has 0 aromatic rings. The van der Waals surface area contributed by atoms with Crippen LogP contribution in [-0.4, -0.2) is 23.2 Å². The fourth-order valence-electron chi connectivity index (χ4n) is 0.998. The predicted molar refractivity (Wildman–Crippen MR) is 47.5 cm³/mol. The molecule has 0 aromatic heterocycles. The smallest absolute Gasteiger partial charge is 0.146 e. The highest BCUT2D eigenvalue weighted by Gasteiger charge is 2.19. The summed E-state index contributed by atoms with van der Waals surface area (Å²) in [6, 6.07) is 0. The van der Waals surface area contributed by atoms with Gasteiger partial charge in [-0.25, -0.2) is 0 Å². The number of aliphatic hydroxyl groups excluding tert-OH is 1. The van der Waals surface area contributed by atoms with Crippen LogP contribution < -0.4 is 0 Å². The Morgan fingerprint density at radius 1 is 1.55 bits per heavy atom. The molecule has 0 aliphatic heterocycles. The molecule has 1 atom stereocenters. The summed E-state index contributed by atoms with van der Waals surface area (Å²) in [5, 5.41) is 9.43. The van der Waals surface area contributed by atoms with Crippen LogP contribution in [0.2, 0.25) is 0 Å². The number of ether oxygens (including phenoxy) is 1. The topological polar surface area (TPSA) is 29.5 Å². The molecule has 1 unspecified atom stereocenters. The van der Waals surface area contributed by atoms with Crippen molar-refractivity contribution < 1.29 is 9.84 Å². The van der Waals surface area contributed by atoms with E-state index in [1.807, 2.05) is 13.0 Å². The zero-order valence-electron chi connectivity index (χ0n) is 6.50. The molecule has 0 spiro atoms. The lowest BCUT2D eigenvalue weighted by molar-refractivity contribution is 0.171. The van der Waals surface area contributed by atoms with Crippen molar-refractivity contribution in [1.29, 1.82) is 0 Å². The second-order valence-corrected chi connectivity index (χ2v) is 2.86. The molecule has 0 heterocycles. The fraction of sp³-hybridized carbons (Fsp3) is 0.375. The van der Waals surface area contributed by atoms with Crippen LogP contribution >= 0.6 is 12.2 Å². The first-order valence-corrected chi connectivity index (χ1v) is 3.72. The van der Waals surface area contributed by atoms with E-state index in [1.165, 1.54) is 7.11 Å². The summed E-state index contributed by atoms with van der Waals surface area (Å²) in [5.74, 6) is 0.553. The normalized spacial score (nSPS) is 24.3. The molecule has 0 fully saturated rings. The minimum atomic E-state index is -0.736. The van der Waals surface area contributed by atoms with Gasteiger partial charge in [-0.3, -0.25) is 0 Å². The van der Waals surface area contributed by atoms with Crippen LogP contribution in [0, 0.1) is 0 Å². The van der Waals surface area contributed by atoms with E-state index in [2.05, 4.69) is 0 Å². The summed E-state index contributed by atoms with van der Waals surface area (Å²) in [6.07, 6.45) is 2.83. The van der Waals surface area contributed by atoms with Crippen LogP contribution in [0.15, 0.2) is 23.5 Å². The lowest BCUT2D eigenvalue weighted by Crippen LogP contribution is -2.23. The zero-order chi connectivity index (χ0) is 8.43. The largest absolute Gasteiger partial charge is 0.498 e. The Morgan fingerprint density at radius 3 is 2.64 bits per heavy atom. The quantitative estimate of drug-likeness (QED) is 0.600. The van der Waals surface area contributed by atoms with Gasteiger partial charge in [-0.05, 0) is 18.6 Å². The molecular formula is C8H10O2S. The Hall–Kier alpha value is -0.670. The van der Waals surface area contributed by atoms with E-state index in [1.54, 1.807) is 6.08 Å². The number of thiocarbonyl (C=S) groups is 1. The molecule has 0 aromatic carbocycles. The third-order valence-corrected chi connectivity index (χ3v) is 1.98. The van der Waals surface area contributed by atoms with Crippen molar-refractivity contribution in [2.75, 3.05) is 7.11 Å². The van der Waals surface area contributed by atoms with Crippen LogP contribution in [0.1, 0.15) is 6.92 Å². The van der Waals surface area contributed by atoms with Gasteiger partial charge < -0.3 is 9.84 Å². The van der Waals surface area contributed by atoms with Crippen LogP contribution in [0.3, 0.4) is 0 Å². The van der Waals surface area contributed by atoms with Crippen molar-refractivity contribution in [2.45, 2.75) is 13.0 Å². The molecule has 0 saturated carbocycles. The molecule has 11 heavy (non-hydrogen) atoms. The first-order chi connectivity index (χ1) is 5.16. The van der Waals surface area contributed by atoms with Crippen LogP contribution in [-0.2, 0) is 4.74 Å². The van der Waals surface area contributed by atoms with Gasteiger partial charge in [0.1, 0.15) is 11.9 Å². The minimum absolute atomic E-state index is 0.507. The summed E-state index contributed by atoms with van der Waals surface area (Å²) in [5.41, 5.74) is 0.925. The van der Waals surface area contributed by atoms with Gasteiger partial charge in [-0.15, -0.1) is 0 Å². The van der Waals surface area contributed by atoms with E-state index in [9.17, 15) is 5.11 Å². The van der Waals surface area contributed by atoms with Crippen molar-refractivity contribution in [2.24, 2.45) is 0 Å². The molecule has 0 amide bonds. The van der Waals surface area contributed by atoms with Gasteiger partial charge in [-0.1, -0.05) is 18.3 Å². The highest BCUT2D eigenvalue weighted by atomic mass is 32.1. The molecule has 0 bridgehead atoms. The average molecular weight is 170 g/mol. The van der Waals surface area contributed by atoms with Gasteiger partial charge in [0.05, 0.1) is 12.0 Å². The number of allylic oxidation sites excluding steroid dienone is 2. The molecular weight excluding hydrogens is 160 g/mol. The second-order valence-electron chi connectivity index (χ2n) is 2.39. The Labute approximate surface area is 71.2 Å². The standard InChI is InChI=1S/C8H10O2S/c1-5-3-4-6(11)7(9)8(5)10-2/h3-4,7,9H,1-2H3. The highest BCUT2D eigenvalue weighted by molar-refractivity contribution is 7.80. The average Bonchev–Trinajstić information content (AvgIpc) is 1.99. The summed E-state index contributed by atoms with van der Waals surface area (Å²) >= 11 is 4.87. The predicted octanol–water partition coefficient (Wildman–Crippen LogP) is 1.21. The van der Waals surface area contributed by atoms with Gasteiger partial charge in [0.2, 0.25) is 0 Å². The lowest BCUT2D eigenvalue weighted by Gasteiger charge is -2.18. The third-order valence-electron chi connectivity index (χ3n) is 1.62. The lowest BCUT2D eigenvalue weighted by atomic mass is 10.0. The summed E-state index contributed by atoms with van der Waals surface area (Å²) in [4.78, 5) is 0.507. The Bertz CT molecular complexity index is 240. The SMILES string of the molecule is COC1=C(C)C=CC(=S)C1O. The van der Waals surface area contributed by atoms with Crippen molar-refractivity contribution in [3.8, 4) is 0 Å². The number of rotatable bonds is 1. The molecule has 1 aliphatic rings. The number of hydrogen-bond donors (Lipinski definition) is 1. The van der Waals surface area contributed by atoms with E-state index in [4.69, 9.17) is 17.0 Å². The molecule has 1 aliphatic carbocycles. The van der Waals surface area contributed by atoms with Crippen molar-refractivity contribution >= 4 is 17.1 Å². The number of hydrogen-bond acceptors (Lipinski definition) is 3. The van der Waals surface area contributed by atoms with Crippen molar-refractivity contribution in [3.63, 3.8) is 0 Å². The highest BCUT2D eigenvalue weighted by Crippen LogP contribution is 2.17. The Morgan fingerprint density at radius 2 is 2.18 bits per heavy atom. The number of methoxy groups -OCH3 is 1. The molecule has 1 N–H and O–H groups in total. The third kappa shape index (κ3) is 1.49. The van der Waals surface area contributed by atoms with E-state index >= 15 is 0 Å². The van der Waals surface area contributed by atoms with Crippen molar-refractivity contribution in [1.82, 2.24) is 0 Å². The molecule has 0 radical (unpaired) electrons. The maximum atomic E-state index is 9.43. The summed E-state index contributed by atoms with van der Waals surface area (Å²) in [7, 11) is 1.53. The Kier molecular flexibility index (Phi) is 2.42. The minimum Gasteiger partial charge on any atom is -0.498 e. The molecule has 1 rings (SSSR count). The van der Waals surface area contributed by atoms with E-state index < -0.39 is 6.10 Å². The maximum absolute atomic E-state index is 9.43. The van der Waals surface area contributed by atoms with E-state index in [0.29, 0.717) is 10.6 Å². The van der Waals surface area contributed by atoms with Gasteiger partial charge in [0, 0.05) is 0 Å². The first-order valence-electron chi connectivity index (χ1n) is 3.31. The first kappa shape index (κ1) is 8.43. The molecule has 0 saturated heterocycles. The summed E-state index contributed by atoms with van der Waals surface area (Å²) in [6.45, 7) is 1.88. The van der Waals surface area contributed by atoms with Gasteiger partial charge in [-0.2, -0.15) is 0 Å².